The van der Waals surface area contributed by atoms with Crippen LogP contribution < -0.4 is 10.2 Å². The zero-order chi connectivity index (χ0) is 11.9. The minimum absolute atomic E-state index is 0.538. The molecule has 1 aromatic rings. The van der Waals surface area contributed by atoms with E-state index >= 15 is 0 Å². The van der Waals surface area contributed by atoms with Crippen LogP contribution in [-0.2, 0) is 0 Å². The van der Waals surface area contributed by atoms with Crippen LogP contribution in [0.1, 0.15) is 24.1 Å². The van der Waals surface area contributed by atoms with E-state index < -0.39 is 0 Å². The molecule has 0 radical (unpaired) electrons. The third-order valence-electron chi connectivity index (χ3n) is 4.31. The molecule has 3 heterocycles. The topological polar surface area (TPSA) is 28.2 Å². The minimum atomic E-state index is 0.538. The van der Waals surface area contributed by atoms with E-state index in [4.69, 9.17) is 0 Å². The molecule has 2 fully saturated rings. The molecule has 3 heteroatoms. The van der Waals surface area contributed by atoms with Crippen molar-refractivity contribution in [2.75, 3.05) is 31.1 Å². The van der Waals surface area contributed by atoms with Crippen molar-refractivity contribution in [1.29, 1.82) is 0 Å². The average Bonchev–Trinajstić information content (AvgIpc) is 2.94. The van der Waals surface area contributed by atoms with Gasteiger partial charge in [0, 0.05) is 31.2 Å². The number of aryl methyl sites for hydroxylation is 2. The third-order valence-corrected chi connectivity index (χ3v) is 4.31. The molecule has 0 saturated carbocycles. The summed E-state index contributed by atoms with van der Waals surface area (Å²) in [5, 5.41) is 3.51. The van der Waals surface area contributed by atoms with Crippen LogP contribution in [0, 0.1) is 19.3 Å². The molecule has 2 saturated heterocycles. The fourth-order valence-electron chi connectivity index (χ4n) is 3.23. The van der Waals surface area contributed by atoms with E-state index in [1.807, 2.05) is 6.20 Å². The summed E-state index contributed by atoms with van der Waals surface area (Å²) in [5.41, 5.74) is 4.30. The van der Waals surface area contributed by atoms with Crippen molar-refractivity contribution in [1.82, 2.24) is 10.3 Å². The SMILES string of the molecule is Cc1cnc(C)c(N2CCC3(CCNC3)C2)c1. The van der Waals surface area contributed by atoms with Gasteiger partial charge in [-0.05, 0) is 44.9 Å². The molecule has 0 amide bonds. The number of nitrogens with zero attached hydrogens (tertiary/aromatic N) is 2. The summed E-state index contributed by atoms with van der Waals surface area (Å²) in [6.07, 6.45) is 4.62. The normalized spacial score (nSPS) is 28.2. The van der Waals surface area contributed by atoms with Gasteiger partial charge < -0.3 is 10.2 Å². The lowest BCUT2D eigenvalue weighted by Crippen LogP contribution is -2.29. The third kappa shape index (κ3) is 1.93. The Hall–Kier alpha value is -1.09. The highest BCUT2D eigenvalue weighted by molar-refractivity contribution is 5.53. The molecule has 92 valence electrons. The Labute approximate surface area is 103 Å². The fourth-order valence-corrected chi connectivity index (χ4v) is 3.23. The monoisotopic (exact) mass is 231 g/mol. The Balaban J connectivity index is 1.84. The van der Waals surface area contributed by atoms with E-state index in [9.17, 15) is 0 Å². The molecule has 0 bridgehead atoms. The van der Waals surface area contributed by atoms with Gasteiger partial charge in [0.15, 0.2) is 0 Å². The maximum atomic E-state index is 4.48. The van der Waals surface area contributed by atoms with Crippen LogP contribution in [0.2, 0.25) is 0 Å². The summed E-state index contributed by atoms with van der Waals surface area (Å²) in [6, 6.07) is 2.28. The van der Waals surface area contributed by atoms with Crippen LogP contribution in [0.25, 0.3) is 0 Å². The summed E-state index contributed by atoms with van der Waals surface area (Å²) < 4.78 is 0. The number of anilines is 1. The number of aromatic nitrogens is 1. The van der Waals surface area contributed by atoms with Crippen molar-refractivity contribution in [3.63, 3.8) is 0 Å². The second-order valence-electron chi connectivity index (χ2n) is 5.72. The smallest absolute Gasteiger partial charge is 0.0605 e. The van der Waals surface area contributed by atoms with E-state index in [1.165, 1.54) is 56.0 Å². The second kappa shape index (κ2) is 3.98. The largest absolute Gasteiger partial charge is 0.369 e. The van der Waals surface area contributed by atoms with Crippen LogP contribution in [0.5, 0.6) is 0 Å². The summed E-state index contributed by atoms with van der Waals surface area (Å²) in [5.74, 6) is 0. The molecule has 17 heavy (non-hydrogen) atoms. The average molecular weight is 231 g/mol. The lowest BCUT2D eigenvalue weighted by atomic mass is 9.86. The number of hydrogen-bond donors (Lipinski definition) is 1. The Morgan fingerprint density at radius 1 is 1.35 bits per heavy atom. The van der Waals surface area contributed by atoms with Crippen molar-refractivity contribution >= 4 is 5.69 Å². The summed E-state index contributed by atoms with van der Waals surface area (Å²) in [6.45, 7) is 9.02. The molecule has 0 aliphatic carbocycles. The van der Waals surface area contributed by atoms with Gasteiger partial charge in [0.25, 0.3) is 0 Å². The van der Waals surface area contributed by atoms with Crippen molar-refractivity contribution in [2.24, 2.45) is 5.41 Å². The number of rotatable bonds is 1. The van der Waals surface area contributed by atoms with Crippen LogP contribution in [0.4, 0.5) is 5.69 Å². The van der Waals surface area contributed by atoms with E-state index in [-0.39, 0.29) is 0 Å². The van der Waals surface area contributed by atoms with Crippen LogP contribution in [0.3, 0.4) is 0 Å². The summed E-state index contributed by atoms with van der Waals surface area (Å²) >= 11 is 0. The van der Waals surface area contributed by atoms with Crippen molar-refractivity contribution in [3.05, 3.63) is 23.5 Å². The van der Waals surface area contributed by atoms with Crippen LogP contribution in [-0.4, -0.2) is 31.2 Å². The molecule has 0 aromatic carbocycles. The van der Waals surface area contributed by atoms with Gasteiger partial charge in [0.1, 0.15) is 0 Å². The van der Waals surface area contributed by atoms with Gasteiger partial charge in [-0.15, -0.1) is 0 Å². The quantitative estimate of drug-likeness (QED) is 0.800. The van der Waals surface area contributed by atoms with Crippen LogP contribution in [0.15, 0.2) is 12.3 Å². The van der Waals surface area contributed by atoms with Crippen molar-refractivity contribution < 1.29 is 0 Å². The molecule has 2 aliphatic heterocycles. The maximum absolute atomic E-state index is 4.48. The fraction of sp³-hybridized carbons (Fsp3) is 0.643. The van der Waals surface area contributed by atoms with Crippen LogP contribution >= 0.6 is 0 Å². The molecular weight excluding hydrogens is 210 g/mol. The lowest BCUT2D eigenvalue weighted by molar-refractivity contribution is 0.369. The van der Waals surface area contributed by atoms with Gasteiger partial charge in [0.05, 0.1) is 11.4 Å². The number of pyridine rings is 1. The summed E-state index contributed by atoms with van der Waals surface area (Å²) in [7, 11) is 0. The van der Waals surface area contributed by atoms with Gasteiger partial charge in [-0.1, -0.05) is 0 Å². The Bertz CT molecular complexity index is 421. The number of hydrogen-bond acceptors (Lipinski definition) is 3. The predicted molar refractivity (Wildman–Crippen MR) is 70.5 cm³/mol. The standard InChI is InChI=1S/C14H21N3/c1-11-7-13(12(2)16-8-11)17-6-4-14(10-17)3-5-15-9-14/h7-8,15H,3-6,9-10H2,1-2H3. The first-order valence-electron chi connectivity index (χ1n) is 6.58. The van der Waals surface area contributed by atoms with E-state index in [1.54, 1.807) is 0 Å². The van der Waals surface area contributed by atoms with Gasteiger partial charge in [-0.25, -0.2) is 0 Å². The molecular formula is C14H21N3. The van der Waals surface area contributed by atoms with Gasteiger partial charge >= 0.3 is 0 Å². The highest BCUT2D eigenvalue weighted by Crippen LogP contribution is 2.38. The van der Waals surface area contributed by atoms with Gasteiger partial charge in [-0.2, -0.15) is 0 Å². The van der Waals surface area contributed by atoms with E-state index in [0.717, 1.165) is 0 Å². The Kier molecular flexibility index (Phi) is 2.58. The second-order valence-corrected chi connectivity index (χ2v) is 5.72. The minimum Gasteiger partial charge on any atom is -0.369 e. The lowest BCUT2D eigenvalue weighted by Gasteiger charge is -2.25. The first-order valence-corrected chi connectivity index (χ1v) is 6.58. The highest BCUT2D eigenvalue weighted by Gasteiger charge is 2.40. The maximum Gasteiger partial charge on any atom is 0.0605 e. The Morgan fingerprint density at radius 3 is 3.00 bits per heavy atom. The molecule has 3 nitrogen and oxygen atoms in total. The van der Waals surface area contributed by atoms with Crippen molar-refractivity contribution in [3.8, 4) is 0 Å². The molecule has 2 aliphatic rings. The molecule has 3 rings (SSSR count). The highest BCUT2D eigenvalue weighted by atomic mass is 15.2. The predicted octanol–water partition coefficient (Wildman–Crippen LogP) is 1.89. The van der Waals surface area contributed by atoms with E-state index in [0.29, 0.717) is 5.41 Å². The summed E-state index contributed by atoms with van der Waals surface area (Å²) in [4.78, 5) is 7.01. The van der Waals surface area contributed by atoms with E-state index in [2.05, 4.69) is 35.1 Å². The molecule has 1 aromatic heterocycles. The zero-order valence-electron chi connectivity index (χ0n) is 10.8. The first kappa shape index (κ1) is 11.0. The molecule has 1 atom stereocenters. The van der Waals surface area contributed by atoms with Crippen molar-refractivity contribution in [2.45, 2.75) is 26.7 Å². The molecule has 1 spiro atoms. The Morgan fingerprint density at radius 2 is 2.24 bits per heavy atom. The molecule has 1 N–H and O–H groups in total. The zero-order valence-corrected chi connectivity index (χ0v) is 10.8. The van der Waals surface area contributed by atoms with Gasteiger partial charge in [0.2, 0.25) is 0 Å². The molecule has 1 unspecified atom stereocenters. The number of nitrogens with one attached hydrogen (secondary N) is 1. The van der Waals surface area contributed by atoms with Gasteiger partial charge in [-0.3, -0.25) is 4.98 Å². The first-order chi connectivity index (χ1) is 8.19.